The van der Waals surface area contributed by atoms with E-state index in [-0.39, 0.29) is 5.50 Å². The molecule has 1 unspecified atom stereocenters. The van der Waals surface area contributed by atoms with Crippen molar-refractivity contribution in [1.82, 2.24) is 10.0 Å². The lowest BCUT2D eigenvalue weighted by Crippen LogP contribution is -2.45. The standard InChI is InChI=1S/C4H8N6S/c5-2-1-11-4-9(7)3(6)8-10(2)4/h1,4H,5,7H2,(H2,6,8). The van der Waals surface area contributed by atoms with E-state index in [2.05, 4.69) is 5.10 Å². The molecule has 11 heavy (non-hydrogen) atoms. The Morgan fingerprint density at radius 3 is 2.91 bits per heavy atom. The van der Waals surface area contributed by atoms with Crippen molar-refractivity contribution in [3.8, 4) is 0 Å². The van der Waals surface area contributed by atoms with Crippen LogP contribution in [0.4, 0.5) is 0 Å². The molecule has 2 rings (SSSR count). The van der Waals surface area contributed by atoms with E-state index < -0.39 is 0 Å². The van der Waals surface area contributed by atoms with Crippen molar-refractivity contribution in [1.29, 1.82) is 0 Å². The number of nitrogens with two attached hydrogens (primary N) is 3. The van der Waals surface area contributed by atoms with E-state index in [1.807, 2.05) is 0 Å². The molecule has 6 N–H and O–H groups in total. The van der Waals surface area contributed by atoms with Crippen molar-refractivity contribution in [3.63, 3.8) is 0 Å². The Labute approximate surface area is 67.6 Å². The topological polar surface area (TPSA) is 96.9 Å². The number of guanidine groups is 1. The molecule has 0 radical (unpaired) electrons. The lowest BCUT2D eigenvalue weighted by molar-refractivity contribution is 0.258. The maximum atomic E-state index is 5.57. The van der Waals surface area contributed by atoms with E-state index in [9.17, 15) is 0 Å². The minimum absolute atomic E-state index is 0.0880. The van der Waals surface area contributed by atoms with Crippen molar-refractivity contribution in [3.05, 3.63) is 11.2 Å². The molecule has 0 aromatic rings. The van der Waals surface area contributed by atoms with Gasteiger partial charge in [-0.1, -0.05) is 11.8 Å². The lowest BCUT2D eigenvalue weighted by atomic mass is 10.8. The molecule has 0 aromatic carbocycles. The molecule has 2 aliphatic rings. The van der Waals surface area contributed by atoms with Crippen molar-refractivity contribution in [2.24, 2.45) is 22.4 Å². The normalized spacial score (nSPS) is 28.6. The summed E-state index contributed by atoms with van der Waals surface area (Å²) in [5.74, 6) is 6.42. The molecule has 2 heterocycles. The lowest BCUT2D eigenvalue weighted by Gasteiger charge is -2.19. The first kappa shape index (κ1) is 6.62. The molecule has 0 saturated carbocycles. The zero-order chi connectivity index (χ0) is 8.01. The Hall–Kier alpha value is -1.08. The summed E-state index contributed by atoms with van der Waals surface area (Å²) in [7, 11) is 0. The Morgan fingerprint density at radius 2 is 2.27 bits per heavy atom. The number of fused-ring (bicyclic) bond motifs is 1. The van der Waals surface area contributed by atoms with Crippen LogP contribution in [0.2, 0.25) is 0 Å². The van der Waals surface area contributed by atoms with Gasteiger partial charge in [-0.25, -0.2) is 15.9 Å². The number of nitrogens with zero attached hydrogens (tertiary/aromatic N) is 3. The molecule has 0 bridgehead atoms. The summed E-state index contributed by atoms with van der Waals surface area (Å²) in [4.78, 5) is 0. The fraction of sp³-hybridized carbons (Fsp3) is 0.250. The third-order valence-electron chi connectivity index (χ3n) is 1.50. The van der Waals surface area contributed by atoms with Gasteiger partial charge in [-0.15, -0.1) is 5.10 Å². The third-order valence-corrected chi connectivity index (χ3v) is 2.54. The Bertz CT molecular complexity index is 247. The highest BCUT2D eigenvalue weighted by Crippen LogP contribution is 2.32. The molecule has 0 aliphatic carbocycles. The van der Waals surface area contributed by atoms with Gasteiger partial charge in [0, 0.05) is 5.41 Å². The highest BCUT2D eigenvalue weighted by atomic mass is 32.2. The fourth-order valence-corrected chi connectivity index (χ4v) is 1.83. The fourth-order valence-electron chi connectivity index (χ4n) is 0.935. The minimum Gasteiger partial charge on any atom is -0.383 e. The van der Waals surface area contributed by atoms with Crippen molar-refractivity contribution in [2.75, 3.05) is 0 Å². The van der Waals surface area contributed by atoms with Crippen LogP contribution >= 0.6 is 11.8 Å². The smallest absolute Gasteiger partial charge is 0.231 e. The zero-order valence-corrected chi connectivity index (χ0v) is 6.45. The number of rotatable bonds is 0. The summed E-state index contributed by atoms with van der Waals surface area (Å²) in [6, 6.07) is 0. The van der Waals surface area contributed by atoms with Crippen LogP contribution in [-0.4, -0.2) is 21.5 Å². The second kappa shape index (κ2) is 1.95. The zero-order valence-electron chi connectivity index (χ0n) is 5.64. The summed E-state index contributed by atoms with van der Waals surface area (Å²) in [5, 5.41) is 8.68. The van der Waals surface area contributed by atoms with Crippen molar-refractivity contribution in [2.45, 2.75) is 5.50 Å². The Balaban J connectivity index is 2.28. The maximum absolute atomic E-state index is 5.57. The predicted octanol–water partition coefficient (Wildman–Crippen LogP) is -1.50. The highest BCUT2D eigenvalue weighted by Gasteiger charge is 2.36. The van der Waals surface area contributed by atoms with Crippen LogP contribution in [0.25, 0.3) is 0 Å². The quantitative estimate of drug-likeness (QED) is 0.385. The number of hydrogen-bond acceptors (Lipinski definition) is 7. The predicted molar refractivity (Wildman–Crippen MR) is 43.1 cm³/mol. The van der Waals surface area contributed by atoms with Gasteiger partial charge in [0.2, 0.25) is 5.96 Å². The largest absolute Gasteiger partial charge is 0.383 e. The van der Waals surface area contributed by atoms with Gasteiger partial charge in [0.1, 0.15) is 5.82 Å². The first-order chi connectivity index (χ1) is 5.20. The molecular weight excluding hydrogens is 164 g/mol. The van der Waals surface area contributed by atoms with E-state index in [1.165, 1.54) is 16.8 Å². The summed E-state index contributed by atoms with van der Waals surface area (Å²) in [6.45, 7) is 0. The molecule has 1 atom stereocenters. The average molecular weight is 172 g/mol. The summed E-state index contributed by atoms with van der Waals surface area (Å²) in [6.07, 6.45) is 0. The van der Waals surface area contributed by atoms with Gasteiger partial charge in [0.15, 0.2) is 5.50 Å². The van der Waals surface area contributed by atoms with E-state index in [0.717, 1.165) is 0 Å². The van der Waals surface area contributed by atoms with Crippen LogP contribution < -0.4 is 17.3 Å². The molecule has 2 aliphatic heterocycles. The molecule has 0 saturated heterocycles. The summed E-state index contributed by atoms with van der Waals surface area (Å²) >= 11 is 1.48. The molecular formula is C4H8N6S. The number of hydrazine groups is 1. The SMILES string of the molecule is NC1=CSC2N(N)C(N)=NN12. The molecule has 7 heteroatoms. The van der Waals surface area contributed by atoms with E-state index in [1.54, 1.807) is 10.4 Å². The van der Waals surface area contributed by atoms with Gasteiger partial charge in [0.25, 0.3) is 0 Å². The van der Waals surface area contributed by atoms with Gasteiger partial charge in [-0.3, -0.25) is 0 Å². The first-order valence-electron chi connectivity index (χ1n) is 2.98. The Morgan fingerprint density at radius 1 is 1.55 bits per heavy atom. The van der Waals surface area contributed by atoms with Crippen LogP contribution in [0, 0.1) is 0 Å². The van der Waals surface area contributed by atoms with Crippen molar-refractivity contribution < 1.29 is 0 Å². The third kappa shape index (κ3) is 0.747. The molecule has 6 nitrogen and oxygen atoms in total. The summed E-state index contributed by atoms with van der Waals surface area (Å²) < 4.78 is 0. The van der Waals surface area contributed by atoms with Crippen LogP contribution in [0.3, 0.4) is 0 Å². The second-order valence-corrected chi connectivity index (χ2v) is 3.14. The average Bonchev–Trinajstić information content (AvgIpc) is 2.43. The van der Waals surface area contributed by atoms with E-state index in [4.69, 9.17) is 17.3 Å². The number of hydrazone groups is 1. The van der Waals surface area contributed by atoms with E-state index in [0.29, 0.717) is 11.8 Å². The number of thioether (sulfide) groups is 1. The van der Waals surface area contributed by atoms with Crippen LogP contribution in [0.5, 0.6) is 0 Å². The van der Waals surface area contributed by atoms with Crippen LogP contribution in [0.15, 0.2) is 16.3 Å². The van der Waals surface area contributed by atoms with Gasteiger partial charge in [0.05, 0.1) is 0 Å². The minimum atomic E-state index is -0.0880. The second-order valence-electron chi connectivity index (χ2n) is 2.22. The molecule has 0 spiro atoms. The van der Waals surface area contributed by atoms with E-state index >= 15 is 0 Å². The molecule has 0 fully saturated rings. The van der Waals surface area contributed by atoms with Gasteiger partial charge in [-0.2, -0.15) is 0 Å². The molecule has 0 amide bonds. The summed E-state index contributed by atoms with van der Waals surface area (Å²) in [5.41, 5.74) is 10.9. The van der Waals surface area contributed by atoms with Crippen molar-refractivity contribution >= 4 is 17.7 Å². The molecule has 60 valence electrons. The van der Waals surface area contributed by atoms with Crippen LogP contribution in [-0.2, 0) is 0 Å². The van der Waals surface area contributed by atoms with Gasteiger partial charge >= 0.3 is 0 Å². The monoisotopic (exact) mass is 172 g/mol. The Kier molecular flexibility index (Phi) is 1.18. The highest BCUT2D eigenvalue weighted by molar-refractivity contribution is 8.02. The van der Waals surface area contributed by atoms with Gasteiger partial charge in [-0.05, 0) is 0 Å². The maximum Gasteiger partial charge on any atom is 0.231 e. The number of hydrogen-bond donors (Lipinski definition) is 3. The molecule has 0 aromatic heterocycles. The first-order valence-corrected chi connectivity index (χ1v) is 3.93. The van der Waals surface area contributed by atoms with Gasteiger partial charge < -0.3 is 11.5 Å². The van der Waals surface area contributed by atoms with Crippen LogP contribution in [0.1, 0.15) is 0 Å².